The SMILES string of the molecule is CN(C)C(=O)C1CCC(CNC(=O)NCCN2C(=O)CCC2=O)O1. The minimum atomic E-state index is -0.443. The van der Waals surface area contributed by atoms with Gasteiger partial charge in [-0.2, -0.15) is 0 Å². The van der Waals surface area contributed by atoms with Crippen LogP contribution in [0.4, 0.5) is 4.79 Å². The quantitative estimate of drug-likeness (QED) is 0.608. The number of likely N-dealkylation sites (tertiary alicyclic amines) is 1. The summed E-state index contributed by atoms with van der Waals surface area (Å²) < 4.78 is 5.62. The summed E-state index contributed by atoms with van der Waals surface area (Å²) in [6.45, 7) is 0.700. The lowest BCUT2D eigenvalue weighted by Crippen LogP contribution is -2.44. The summed E-state index contributed by atoms with van der Waals surface area (Å²) in [5.74, 6) is -0.460. The molecule has 5 amide bonds. The van der Waals surface area contributed by atoms with Crippen molar-refractivity contribution in [3.8, 4) is 0 Å². The first kappa shape index (κ1) is 18.2. The maximum absolute atomic E-state index is 11.8. The number of nitrogens with one attached hydrogen (secondary N) is 2. The molecule has 2 atom stereocenters. The zero-order valence-corrected chi connectivity index (χ0v) is 14.0. The number of carbonyl (C=O) groups excluding carboxylic acids is 4. The van der Waals surface area contributed by atoms with Gasteiger partial charge < -0.3 is 20.3 Å². The summed E-state index contributed by atoms with van der Waals surface area (Å²) in [5, 5.41) is 5.27. The predicted octanol–water partition coefficient (Wildman–Crippen LogP) is -0.930. The van der Waals surface area contributed by atoms with E-state index in [0.717, 1.165) is 4.90 Å². The van der Waals surface area contributed by atoms with Crippen LogP contribution in [-0.4, -0.2) is 79.5 Å². The molecule has 9 heteroatoms. The fraction of sp³-hybridized carbons (Fsp3) is 0.733. The van der Waals surface area contributed by atoms with Gasteiger partial charge in [0.15, 0.2) is 0 Å². The summed E-state index contributed by atoms with van der Waals surface area (Å²) in [4.78, 5) is 49.0. The van der Waals surface area contributed by atoms with Gasteiger partial charge >= 0.3 is 6.03 Å². The van der Waals surface area contributed by atoms with Crippen molar-refractivity contribution in [1.82, 2.24) is 20.4 Å². The van der Waals surface area contributed by atoms with Gasteiger partial charge in [0, 0.05) is 46.6 Å². The number of hydrogen-bond donors (Lipinski definition) is 2. The average molecular weight is 340 g/mol. The first-order valence-corrected chi connectivity index (χ1v) is 8.10. The van der Waals surface area contributed by atoms with E-state index in [1.165, 1.54) is 4.90 Å². The van der Waals surface area contributed by atoms with Crippen LogP contribution >= 0.6 is 0 Å². The Labute approximate surface area is 140 Å². The van der Waals surface area contributed by atoms with E-state index in [1.54, 1.807) is 14.1 Å². The van der Waals surface area contributed by atoms with Gasteiger partial charge in [-0.25, -0.2) is 4.79 Å². The summed E-state index contributed by atoms with van der Waals surface area (Å²) in [7, 11) is 3.36. The van der Waals surface area contributed by atoms with Crippen LogP contribution in [0.1, 0.15) is 25.7 Å². The minimum absolute atomic E-state index is 0.0677. The molecule has 2 N–H and O–H groups in total. The Morgan fingerprint density at radius 1 is 1.17 bits per heavy atom. The highest BCUT2D eigenvalue weighted by molar-refractivity contribution is 6.01. The third-order valence-corrected chi connectivity index (χ3v) is 4.09. The zero-order chi connectivity index (χ0) is 17.7. The molecule has 9 nitrogen and oxygen atoms in total. The Morgan fingerprint density at radius 2 is 1.83 bits per heavy atom. The Balaban J connectivity index is 1.61. The molecule has 0 aromatic rings. The zero-order valence-electron chi connectivity index (χ0n) is 14.0. The highest BCUT2D eigenvalue weighted by Gasteiger charge is 2.32. The Morgan fingerprint density at radius 3 is 2.46 bits per heavy atom. The molecule has 0 radical (unpaired) electrons. The highest BCUT2D eigenvalue weighted by atomic mass is 16.5. The molecule has 2 aliphatic rings. The number of hydrogen-bond acceptors (Lipinski definition) is 5. The number of likely N-dealkylation sites (N-methyl/N-ethyl adjacent to an activating group) is 1. The van der Waals surface area contributed by atoms with Crippen LogP contribution in [0, 0.1) is 0 Å². The van der Waals surface area contributed by atoms with Crippen molar-refractivity contribution >= 4 is 23.8 Å². The van der Waals surface area contributed by atoms with E-state index in [1.807, 2.05) is 0 Å². The largest absolute Gasteiger partial charge is 0.363 e. The molecule has 0 bridgehead atoms. The number of nitrogens with zero attached hydrogens (tertiary/aromatic N) is 2. The van der Waals surface area contributed by atoms with Crippen LogP contribution in [0.2, 0.25) is 0 Å². The Kier molecular flexibility index (Phi) is 6.13. The number of amides is 5. The number of ether oxygens (including phenoxy) is 1. The smallest absolute Gasteiger partial charge is 0.314 e. The van der Waals surface area contributed by atoms with Crippen LogP contribution < -0.4 is 10.6 Å². The molecule has 2 unspecified atom stereocenters. The van der Waals surface area contributed by atoms with Crippen molar-refractivity contribution in [3.05, 3.63) is 0 Å². The van der Waals surface area contributed by atoms with Crippen molar-refractivity contribution in [2.24, 2.45) is 0 Å². The van der Waals surface area contributed by atoms with Crippen LogP contribution in [0.15, 0.2) is 0 Å². The molecular formula is C15H24N4O5. The van der Waals surface area contributed by atoms with Crippen molar-refractivity contribution in [1.29, 1.82) is 0 Å². The number of urea groups is 1. The molecule has 2 saturated heterocycles. The van der Waals surface area contributed by atoms with Crippen molar-refractivity contribution in [2.45, 2.75) is 37.9 Å². The highest BCUT2D eigenvalue weighted by Crippen LogP contribution is 2.20. The lowest BCUT2D eigenvalue weighted by atomic mass is 10.2. The van der Waals surface area contributed by atoms with E-state index in [4.69, 9.17) is 4.74 Å². The van der Waals surface area contributed by atoms with E-state index in [2.05, 4.69) is 10.6 Å². The van der Waals surface area contributed by atoms with E-state index < -0.39 is 6.10 Å². The van der Waals surface area contributed by atoms with E-state index in [9.17, 15) is 19.2 Å². The van der Waals surface area contributed by atoms with E-state index >= 15 is 0 Å². The third-order valence-electron chi connectivity index (χ3n) is 4.09. The lowest BCUT2D eigenvalue weighted by molar-refractivity contribution is -0.140. The van der Waals surface area contributed by atoms with Gasteiger partial charge in [0.05, 0.1) is 6.10 Å². The molecule has 0 spiro atoms. The van der Waals surface area contributed by atoms with Gasteiger partial charge in [-0.05, 0) is 12.8 Å². The summed E-state index contributed by atoms with van der Waals surface area (Å²) >= 11 is 0. The molecular weight excluding hydrogens is 316 g/mol. The van der Waals surface area contributed by atoms with Crippen LogP contribution in [-0.2, 0) is 19.1 Å². The molecule has 2 fully saturated rings. The van der Waals surface area contributed by atoms with Gasteiger partial charge in [0.2, 0.25) is 11.8 Å². The number of carbonyl (C=O) groups is 4. The van der Waals surface area contributed by atoms with E-state index in [-0.39, 0.29) is 55.8 Å². The second kappa shape index (κ2) is 8.09. The van der Waals surface area contributed by atoms with Gasteiger partial charge in [-0.15, -0.1) is 0 Å². The van der Waals surface area contributed by atoms with Crippen molar-refractivity contribution in [3.63, 3.8) is 0 Å². The Bertz CT molecular complexity index is 506. The standard InChI is InChI=1S/C15H24N4O5/c1-18(2)14(22)11-4-3-10(24-11)9-17-15(23)16-7-8-19-12(20)5-6-13(19)21/h10-11H,3-9H2,1-2H3,(H2,16,17,23). The van der Waals surface area contributed by atoms with E-state index in [0.29, 0.717) is 19.4 Å². The Hall–Kier alpha value is -2.16. The summed E-state index contributed by atoms with van der Waals surface area (Å²) in [5.41, 5.74) is 0. The van der Waals surface area contributed by atoms with Crippen LogP contribution in [0.3, 0.4) is 0 Å². The maximum Gasteiger partial charge on any atom is 0.314 e. The molecule has 2 aliphatic heterocycles. The molecule has 2 rings (SSSR count). The monoisotopic (exact) mass is 340 g/mol. The molecule has 0 aromatic carbocycles. The fourth-order valence-electron chi connectivity index (χ4n) is 2.75. The normalized spacial score (nSPS) is 23.5. The van der Waals surface area contributed by atoms with Crippen molar-refractivity contribution in [2.75, 3.05) is 33.7 Å². The van der Waals surface area contributed by atoms with Gasteiger partial charge in [0.25, 0.3) is 5.91 Å². The summed E-state index contributed by atoms with van der Waals surface area (Å²) in [6.07, 6.45) is 1.22. The van der Waals surface area contributed by atoms with Crippen LogP contribution in [0.5, 0.6) is 0 Å². The second-order valence-corrected chi connectivity index (χ2v) is 6.13. The lowest BCUT2D eigenvalue weighted by Gasteiger charge is -2.18. The number of rotatable bonds is 6. The maximum atomic E-state index is 11.8. The van der Waals surface area contributed by atoms with Crippen LogP contribution in [0.25, 0.3) is 0 Å². The average Bonchev–Trinajstić information content (AvgIpc) is 3.13. The number of imide groups is 1. The van der Waals surface area contributed by atoms with Gasteiger partial charge in [-0.3, -0.25) is 19.3 Å². The molecule has 0 aromatic heterocycles. The molecule has 2 heterocycles. The first-order chi connectivity index (χ1) is 11.4. The van der Waals surface area contributed by atoms with Gasteiger partial charge in [0.1, 0.15) is 6.10 Å². The van der Waals surface area contributed by atoms with Crippen molar-refractivity contribution < 1.29 is 23.9 Å². The molecule has 0 saturated carbocycles. The van der Waals surface area contributed by atoms with Gasteiger partial charge in [-0.1, -0.05) is 0 Å². The molecule has 134 valence electrons. The topological polar surface area (TPSA) is 108 Å². The second-order valence-electron chi connectivity index (χ2n) is 6.13. The minimum Gasteiger partial charge on any atom is -0.363 e. The summed E-state index contributed by atoms with van der Waals surface area (Å²) in [6, 6.07) is -0.389. The third kappa shape index (κ3) is 4.67. The predicted molar refractivity (Wildman–Crippen MR) is 83.9 cm³/mol. The first-order valence-electron chi connectivity index (χ1n) is 8.10. The fourth-order valence-corrected chi connectivity index (χ4v) is 2.75. The molecule has 0 aliphatic carbocycles. The molecule has 24 heavy (non-hydrogen) atoms.